The van der Waals surface area contributed by atoms with Gasteiger partial charge in [0.25, 0.3) is 0 Å². The lowest BCUT2D eigenvalue weighted by Crippen LogP contribution is -2.40. The van der Waals surface area contributed by atoms with E-state index >= 15 is 0 Å². The van der Waals surface area contributed by atoms with E-state index in [1.807, 2.05) is 24.3 Å². The number of sulfonamides is 1. The number of carbonyl (C=O) groups excluding carboxylic acids is 1. The summed E-state index contributed by atoms with van der Waals surface area (Å²) in [5.74, 6) is 0.152. The molecule has 0 aromatic heterocycles. The highest BCUT2D eigenvalue weighted by Gasteiger charge is 2.22. The molecular formula is C18H28N2O3S. The second-order valence-corrected chi connectivity index (χ2v) is 8.39. The van der Waals surface area contributed by atoms with Gasteiger partial charge in [-0.3, -0.25) is 9.10 Å². The summed E-state index contributed by atoms with van der Waals surface area (Å²) in [6.07, 6.45) is 7.43. The van der Waals surface area contributed by atoms with Crippen LogP contribution < -0.4 is 9.62 Å². The summed E-state index contributed by atoms with van der Waals surface area (Å²) >= 11 is 0. The van der Waals surface area contributed by atoms with E-state index in [1.165, 1.54) is 17.0 Å². The SMILES string of the molecule is CCc1ccc(N(CCNC(=O)C2CCCCC2)S(C)(=O)=O)cc1. The Bertz CT molecular complexity index is 635. The number of carbonyl (C=O) groups is 1. The van der Waals surface area contributed by atoms with Crippen LogP contribution in [-0.4, -0.2) is 33.7 Å². The number of amides is 1. The van der Waals surface area contributed by atoms with E-state index in [4.69, 9.17) is 0 Å². The van der Waals surface area contributed by atoms with Crippen LogP contribution in [0.15, 0.2) is 24.3 Å². The summed E-state index contributed by atoms with van der Waals surface area (Å²) in [5.41, 5.74) is 1.81. The number of anilines is 1. The van der Waals surface area contributed by atoms with Crippen LogP contribution in [-0.2, 0) is 21.2 Å². The molecule has 1 N–H and O–H groups in total. The minimum absolute atomic E-state index is 0.0597. The van der Waals surface area contributed by atoms with Gasteiger partial charge in [0.1, 0.15) is 0 Å². The summed E-state index contributed by atoms with van der Waals surface area (Å²) in [4.78, 5) is 12.2. The maximum atomic E-state index is 12.2. The van der Waals surface area contributed by atoms with E-state index < -0.39 is 10.0 Å². The fourth-order valence-corrected chi connectivity index (χ4v) is 4.10. The smallest absolute Gasteiger partial charge is 0.232 e. The molecule has 24 heavy (non-hydrogen) atoms. The quantitative estimate of drug-likeness (QED) is 0.820. The van der Waals surface area contributed by atoms with Crippen molar-refractivity contribution < 1.29 is 13.2 Å². The molecule has 1 aromatic rings. The van der Waals surface area contributed by atoms with E-state index in [0.29, 0.717) is 12.2 Å². The van der Waals surface area contributed by atoms with Gasteiger partial charge in [-0.1, -0.05) is 38.3 Å². The molecule has 1 fully saturated rings. The standard InChI is InChI=1S/C18H28N2O3S/c1-3-15-9-11-17(12-10-15)20(24(2,22)23)14-13-19-18(21)16-7-5-4-6-8-16/h9-12,16H,3-8,13-14H2,1-2H3,(H,19,21). The zero-order valence-electron chi connectivity index (χ0n) is 14.6. The molecule has 0 aliphatic heterocycles. The summed E-state index contributed by atoms with van der Waals surface area (Å²) in [5, 5.41) is 2.90. The Hall–Kier alpha value is -1.56. The van der Waals surface area contributed by atoms with Crippen LogP contribution in [0.5, 0.6) is 0 Å². The third-order valence-electron chi connectivity index (χ3n) is 4.62. The summed E-state index contributed by atoms with van der Waals surface area (Å²) < 4.78 is 25.5. The second-order valence-electron chi connectivity index (χ2n) is 6.48. The lowest BCUT2D eigenvalue weighted by molar-refractivity contribution is -0.125. The van der Waals surface area contributed by atoms with Gasteiger partial charge in [-0.15, -0.1) is 0 Å². The van der Waals surface area contributed by atoms with Gasteiger partial charge in [-0.05, 0) is 37.0 Å². The molecule has 134 valence electrons. The molecule has 1 aromatic carbocycles. The van der Waals surface area contributed by atoms with Crippen LogP contribution in [0, 0.1) is 5.92 Å². The second kappa shape index (κ2) is 8.51. The van der Waals surface area contributed by atoms with Crippen molar-refractivity contribution in [3.8, 4) is 0 Å². The third-order valence-corrected chi connectivity index (χ3v) is 5.82. The Morgan fingerprint density at radius 1 is 1.17 bits per heavy atom. The van der Waals surface area contributed by atoms with Crippen molar-refractivity contribution >= 4 is 21.6 Å². The molecule has 0 heterocycles. The molecule has 5 nitrogen and oxygen atoms in total. The molecule has 1 amide bonds. The molecule has 6 heteroatoms. The first-order chi connectivity index (χ1) is 11.4. The molecule has 0 bridgehead atoms. The van der Waals surface area contributed by atoms with Crippen molar-refractivity contribution in [2.24, 2.45) is 5.92 Å². The lowest BCUT2D eigenvalue weighted by Gasteiger charge is -2.24. The first-order valence-corrected chi connectivity index (χ1v) is 10.6. The third kappa shape index (κ3) is 5.23. The minimum atomic E-state index is -3.38. The highest BCUT2D eigenvalue weighted by atomic mass is 32.2. The number of benzene rings is 1. The van der Waals surface area contributed by atoms with Crippen LogP contribution in [0.25, 0.3) is 0 Å². The monoisotopic (exact) mass is 352 g/mol. The summed E-state index contributed by atoms with van der Waals surface area (Å²) in [7, 11) is -3.38. The Balaban J connectivity index is 1.95. The van der Waals surface area contributed by atoms with Crippen LogP contribution in [0.4, 0.5) is 5.69 Å². The number of hydrogen-bond acceptors (Lipinski definition) is 3. The van der Waals surface area contributed by atoms with Gasteiger partial charge in [0.2, 0.25) is 15.9 Å². The number of hydrogen-bond donors (Lipinski definition) is 1. The van der Waals surface area contributed by atoms with Crippen molar-refractivity contribution in [2.45, 2.75) is 45.4 Å². The molecular weight excluding hydrogens is 324 g/mol. The number of nitrogens with one attached hydrogen (secondary N) is 1. The van der Waals surface area contributed by atoms with Crippen molar-refractivity contribution in [2.75, 3.05) is 23.7 Å². The maximum absolute atomic E-state index is 12.2. The van der Waals surface area contributed by atoms with Crippen molar-refractivity contribution in [3.63, 3.8) is 0 Å². The summed E-state index contributed by atoms with van der Waals surface area (Å²) in [6.45, 7) is 2.64. The molecule has 0 atom stereocenters. The predicted molar refractivity (Wildman–Crippen MR) is 97.6 cm³/mol. The average Bonchev–Trinajstić information content (AvgIpc) is 2.58. The van der Waals surface area contributed by atoms with Crippen molar-refractivity contribution in [1.29, 1.82) is 0 Å². The van der Waals surface area contributed by atoms with Gasteiger partial charge < -0.3 is 5.32 Å². The molecule has 0 saturated heterocycles. The first-order valence-electron chi connectivity index (χ1n) is 8.76. The Morgan fingerprint density at radius 3 is 2.33 bits per heavy atom. The van der Waals surface area contributed by atoms with Crippen LogP contribution in [0.2, 0.25) is 0 Å². The number of nitrogens with zero attached hydrogens (tertiary/aromatic N) is 1. The van der Waals surface area contributed by atoms with Crippen LogP contribution in [0.3, 0.4) is 0 Å². The molecule has 1 aliphatic carbocycles. The highest BCUT2D eigenvalue weighted by molar-refractivity contribution is 7.92. The maximum Gasteiger partial charge on any atom is 0.232 e. The van der Waals surface area contributed by atoms with Gasteiger partial charge in [-0.25, -0.2) is 8.42 Å². The fourth-order valence-electron chi connectivity index (χ4n) is 3.17. The zero-order valence-corrected chi connectivity index (χ0v) is 15.4. The average molecular weight is 352 g/mol. The first kappa shape index (κ1) is 18.8. The molecule has 0 radical (unpaired) electrons. The van der Waals surface area contributed by atoms with E-state index in [1.54, 1.807) is 0 Å². The highest BCUT2D eigenvalue weighted by Crippen LogP contribution is 2.23. The van der Waals surface area contributed by atoms with E-state index in [0.717, 1.165) is 37.7 Å². The van der Waals surface area contributed by atoms with Crippen molar-refractivity contribution in [3.05, 3.63) is 29.8 Å². The molecule has 1 aliphatic rings. The Labute approximate surface area is 145 Å². The number of rotatable bonds is 7. The number of aryl methyl sites for hydroxylation is 1. The van der Waals surface area contributed by atoms with Crippen LogP contribution >= 0.6 is 0 Å². The molecule has 1 saturated carbocycles. The van der Waals surface area contributed by atoms with Gasteiger partial charge >= 0.3 is 0 Å². The largest absolute Gasteiger partial charge is 0.354 e. The molecule has 0 spiro atoms. The van der Waals surface area contributed by atoms with Gasteiger partial charge in [-0.2, -0.15) is 0 Å². The summed E-state index contributed by atoms with van der Waals surface area (Å²) in [6, 6.07) is 7.52. The Kier molecular flexibility index (Phi) is 6.66. The lowest BCUT2D eigenvalue weighted by atomic mass is 9.89. The van der Waals surface area contributed by atoms with Gasteiger partial charge in [0, 0.05) is 12.5 Å². The molecule has 0 unspecified atom stereocenters. The van der Waals surface area contributed by atoms with E-state index in [2.05, 4.69) is 12.2 Å². The van der Waals surface area contributed by atoms with Crippen LogP contribution in [0.1, 0.15) is 44.6 Å². The zero-order chi connectivity index (χ0) is 17.6. The Morgan fingerprint density at radius 2 is 1.79 bits per heavy atom. The van der Waals surface area contributed by atoms with Gasteiger partial charge in [0.15, 0.2) is 0 Å². The van der Waals surface area contributed by atoms with E-state index in [9.17, 15) is 13.2 Å². The van der Waals surface area contributed by atoms with Gasteiger partial charge in [0.05, 0.1) is 18.5 Å². The van der Waals surface area contributed by atoms with Crippen molar-refractivity contribution in [1.82, 2.24) is 5.32 Å². The fraction of sp³-hybridized carbons (Fsp3) is 0.611. The molecule has 2 rings (SSSR count). The minimum Gasteiger partial charge on any atom is -0.354 e. The normalized spacial score (nSPS) is 15.9. The topological polar surface area (TPSA) is 66.5 Å². The van der Waals surface area contributed by atoms with E-state index in [-0.39, 0.29) is 18.4 Å². The predicted octanol–water partition coefficient (Wildman–Crippen LogP) is 2.71.